The van der Waals surface area contributed by atoms with Crippen LogP contribution in [0.5, 0.6) is 17.5 Å². The number of aliphatic hydroxyl groups is 3. The van der Waals surface area contributed by atoms with Crippen molar-refractivity contribution in [2.24, 2.45) is 5.92 Å². The van der Waals surface area contributed by atoms with Crippen LogP contribution in [-0.2, 0) is 11.2 Å². The van der Waals surface area contributed by atoms with Gasteiger partial charge in [0.1, 0.15) is 5.75 Å². The Labute approximate surface area is 228 Å². The average molecular weight is 534 g/mol. The molecule has 1 saturated carbocycles. The summed E-state index contributed by atoms with van der Waals surface area (Å²) in [7, 11) is 6.90. The van der Waals surface area contributed by atoms with Gasteiger partial charge in [-0.3, -0.25) is 0 Å². The fraction of sp³-hybridized carbons (Fsp3) is 0.433. The highest BCUT2D eigenvalue weighted by Crippen LogP contribution is 2.70. The van der Waals surface area contributed by atoms with Crippen molar-refractivity contribution in [1.29, 1.82) is 0 Å². The van der Waals surface area contributed by atoms with E-state index in [1.165, 1.54) is 14.2 Å². The first-order valence-electron chi connectivity index (χ1n) is 13.2. The summed E-state index contributed by atoms with van der Waals surface area (Å²) in [6.45, 7) is 1.67. The van der Waals surface area contributed by atoms with Crippen LogP contribution in [0, 0.1) is 5.92 Å². The fourth-order valence-electron chi connectivity index (χ4n) is 6.87. The standard InChI is InChI=1S/C30H35N3O6/c1-32(2)17-22-25(18-8-6-5-7-9-18)30(19-10-12-20(13-11-19)33-15-21(34)16-33)29(36,27(22)35)26-23(39-30)14-24(37-3)31-28(26)38-4/h5-14,21-22,25,27,34-36H,15-17H2,1-4H3/t22-,25-,27-,29+,30+/m1/s1. The largest absolute Gasteiger partial charge is 0.481 e. The van der Waals surface area contributed by atoms with Crippen LogP contribution in [0.3, 0.4) is 0 Å². The number of aliphatic hydroxyl groups excluding tert-OH is 2. The molecule has 3 aliphatic rings. The lowest BCUT2D eigenvalue weighted by molar-refractivity contribution is -0.152. The molecule has 1 saturated heterocycles. The summed E-state index contributed by atoms with van der Waals surface area (Å²) in [6.07, 6.45) is -1.53. The monoisotopic (exact) mass is 533 g/mol. The maximum atomic E-state index is 12.9. The maximum absolute atomic E-state index is 12.9. The van der Waals surface area contributed by atoms with Gasteiger partial charge in [-0.15, -0.1) is 0 Å². The van der Waals surface area contributed by atoms with E-state index >= 15 is 0 Å². The van der Waals surface area contributed by atoms with Gasteiger partial charge < -0.3 is 39.3 Å². The molecule has 3 heterocycles. The molecule has 0 radical (unpaired) electrons. The van der Waals surface area contributed by atoms with Gasteiger partial charge in [-0.2, -0.15) is 4.98 Å². The highest BCUT2D eigenvalue weighted by Gasteiger charge is 2.77. The van der Waals surface area contributed by atoms with E-state index < -0.39 is 29.1 Å². The molecule has 2 aromatic carbocycles. The molecule has 0 amide bonds. The van der Waals surface area contributed by atoms with E-state index in [4.69, 9.17) is 14.2 Å². The molecule has 0 spiro atoms. The van der Waals surface area contributed by atoms with Gasteiger partial charge >= 0.3 is 0 Å². The number of anilines is 1. The third-order valence-corrected chi connectivity index (χ3v) is 8.51. The van der Waals surface area contributed by atoms with Gasteiger partial charge in [0.05, 0.1) is 32.0 Å². The minimum atomic E-state index is -1.89. The van der Waals surface area contributed by atoms with Crippen molar-refractivity contribution in [2.45, 2.75) is 29.3 Å². The summed E-state index contributed by atoms with van der Waals surface area (Å²) in [5.41, 5.74) is -0.328. The molecule has 0 unspecified atom stereocenters. The quantitative estimate of drug-likeness (QED) is 0.421. The van der Waals surface area contributed by atoms with Crippen molar-refractivity contribution in [3.05, 3.63) is 77.4 Å². The van der Waals surface area contributed by atoms with Gasteiger partial charge in [0, 0.05) is 43.2 Å². The van der Waals surface area contributed by atoms with E-state index in [-0.39, 0.29) is 17.9 Å². The number of β-amino-alcohol motifs (C(OH)–C–C–N with tert-alkyl or cyclic N) is 1. The first kappa shape index (κ1) is 25.9. The molecule has 2 fully saturated rings. The zero-order valence-electron chi connectivity index (χ0n) is 22.6. The molecule has 3 aromatic rings. The second kappa shape index (κ2) is 9.38. The topological polar surface area (TPSA) is 108 Å². The Morgan fingerprint density at radius 2 is 1.72 bits per heavy atom. The third-order valence-electron chi connectivity index (χ3n) is 8.51. The van der Waals surface area contributed by atoms with E-state index in [1.807, 2.05) is 73.6 Å². The summed E-state index contributed by atoms with van der Waals surface area (Å²) in [5.74, 6) is -0.0271. The van der Waals surface area contributed by atoms with Crippen LogP contribution in [-0.4, -0.2) is 85.4 Å². The lowest BCUT2D eigenvalue weighted by Gasteiger charge is -2.42. The number of aromatic nitrogens is 1. The van der Waals surface area contributed by atoms with Crippen LogP contribution >= 0.6 is 0 Å². The average Bonchev–Trinajstić information content (AvgIpc) is 3.29. The highest BCUT2D eigenvalue weighted by molar-refractivity contribution is 5.61. The molecule has 6 rings (SSSR count). The van der Waals surface area contributed by atoms with Crippen LogP contribution in [0.15, 0.2) is 60.7 Å². The van der Waals surface area contributed by atoms with Gasteiger partial charge in [-0.25, -0.2) is 0 Å². The summed E-state index contributed by atoms with van der Waals surface area (Å²) in [5, 5.41) is 34.8. The summed E-state index contributed by atoms with van der Waals surface area (Å²) < 4.78 is 18.0. The molecule has 2 aliphatic heterocycles. The van der Waals surface area contributed by atoms with Crippen molar-refractivity contribution in [2.75, 3.05) is 52.8 Å². The normalized spacial score (nSPS) is 29.5. The number of hydrogen-bond donors (Lipinski definition) is 3. The van der Waals surface area contributed by atoms with Crippen molar-refractivity contribution in [3.63, 3.8) is 0 Å². The minimum absolute atomic E-state index is 0.149. The number of pyridine rings is 1. The first-order chi connectivity index (χ1) is 18.7. The van der Waals surface area contributed by atoms with Crippen molar-refractivity contribution in [3.8, 4) is 17.5 Å². The lowest BCUT2D eigenvalue weighted by Crippen LogP contribution is -2.52. The van der Waals surface area contributed by atoms with Crippen LogP contribution < -0.4 is 19.1 Å². The maximum Gasteiger partial charge on any atom is 0.226 e. The number of benzene rings is 2. The Morgan fingerprint density at radius 3 is 2.31 bits per heavy atom. The van der Waals surface area contributed by atoms with Gasteiger partial charge in [0.15, 0.2) is 11.2 Å². The summed E-state index contributed by atoms with van der Waals surface area (Å²) in [4.78, 5) is 8.57. The molecular weight excluding hydrogens is 498 g/mol. The number of methoxy groups -OCH3 is 2. The lowest BCUT2D eigenvalue weighted by atomic mass is 9.70. The fourth-order valence-corrected chi connectivity index (χ4v) is 6.87. The Bertz CT molecular complexity index is 1350. The number of fused-ring (bicyclic) bond motifs is 3. The number of hydrogen-bond acceptors (Lipinski definition) is 9. The zero-order valence-corrected chi connectivity index (χ0v) is 22.6. The molecule has 1 aromatic heterocycles. The summed E-state index contributed by atoms with van der Waals surface area (Å²) >= 11 is 0. The van der Waals surface area contributed by atoms with E-state index in [0.29, 0.717) is 30.9 Å². The van der Waals surface area contributed by atoms with Crippen LogP contribution in [0.4, 0.5) is 5.69 Å². The molecule has 39 heavy (non-hydrogen) atoms. The Morgan fingerprint density at radius 1 is 1.03 bits per heavy atom. The zero-order chi connectivity index (χ0) is 27.5. The van der Waals surface area contributed by atoms with Crippen molar-refractivity contribution in [1.82, 2.24) is 9.88 Å². The summed E-state index contributed by atoms with van der Waals surface area (Å²) in [6, 6.07) is 19.4. The molecule has 206 valence electrons. The SMILES string of the molecule is COc1cc2c(c(OC)n1)[C@]1(O)[C@H](O)[C@H](CN(C)C)[C@@H](c3ccccc3)[C@]1(c1ccc(N3CC(O)C3)cc1)O2. The minimum Gasteiger partial charge on any atom is -0.481 e. The molecule has 3 N–H and O–H groups in total. The van der Waals surface area contributed by atoms with E-state index in [9.17, 15) is 15.3 Å². The second-order valence-electron chi connectivity index (χ2n) is 11.0. The molecule has 0 bridgehead atoms. The molecule has 9 heteroatoms. The first-order valence-corrected chi connectivity index (χ1v) is 13.2. The van der Waals surface area contributed by atoms with E-state index in [0.717, 1.165) is 16.8 Å². The predicted octanol–water partition coefficient (Wildman–Crippen LogP) is 2.09. The van der Waals surface area contributed by atoms with Crippen molar-refractivity contribution < 1.29 is 29.5 Å². The van der Waals surface area contributed by atoms with Crippen LogP contribution in [0.1, 0.15) is 22.6 Å². The third kappa shape index (κ3) is 3.64. The van der Waals surface area contributed by atoms with Crippen molar-refractivity contribution >= 4 is 5.69 Å². The highest BCUT2D eigenvalue weighted by atomic mass is 16.5. The van der Waals surface area contributed by atoms with E-state index in [1.54, 1.807) is 6.07 Å². The Balaban J connectivity index is 1.61. The second-order valence-corrected chi connectivity index (χ2v) is 11.0. The molecule has 5 atom stereocenters. The van der Waals surface area contributed by atoms with E-state index in [2.05, 4.69) is 9.88 Å². The number of rotatable bonds is 7. The van der Waals surface area contributed by atoms with Gasteiger partial charge in [-0.05, 0) is 37.4 Å². The Kier molecular flexibility index (Phi) is 6.22. The molecular formula is C30H35N3O6. The smallest absolute Gasteiger partial charge is 0.226 e. The molecule has 1 aliphatic carbocycles. The number of nitrogens with zero attached hydrogens (tertiary/aromatic N) is 3. The van der Waals surface area contributed by atoms with Crippen LogP contribution in [0.2, 0.25) is 0 Å². The Hall–Kier alpha value is -3.37. The van der Waals surface area contributed by atoms with Gasteiger partial charge in [0.25, 0.3) is 0 Å². The van der Waals surface area contributed by atoms with Gasteiger partial charge in [0.2, 0.25) is 11.8 Å². The number of ether oxygens (including phenoxy) is 3. The molecule has 9 nitrogen and oxygen atoms in total. The predicted molar refractivity (Wildman–Crippen MR) is 145 cm³/mol. The van der Waals surface area contributed by atoms with Gasteiger partial charge in [-0.1, -0.05) is 42.5 Å². The van der Waals surface area contributed by atoms with Crippen LogP contribution in [0.25, 0.3) is 0 Å².